The van der Waals surface area contributed by atoms with Gasteiger partial charge in [0.05, 0.1) is 11.1 Å². The lowest BCUT2D eigenvalue weighted by atomic mass is 9.67. The van der Waals surface area contributed by atoms with Crippen LogP contribution in [0.4, 0.5) is 8.78 Å². The topological polar surface area (TPSA) is 75.4 Å². The molecule has 1 aliphatic heterocycles. The van der Waals surface area contributed by atoms with Crippen LogP contribution in [0.1, 0.15) is 40.1 Å². The van der Waals surface area contributed by atoms with Crippen LogP contribution in [0.5, 0.6) is 0 Å². The fourth-order valence-corrected chi connectivity index (χ4v) is 4.05. The molecule has 136 valence electrons. The Morgan fingerprint density at radius 3 is 2.85 bits per heavy atom. The number of aromatic nitrogens is 1. The second-order valence-electron chi connectivity index (χ2n) is 6.77. The molecule has 1 saturated carbocycles. The molecular formula is C18H17F2N3O3. The van der Waals surface area contributed by atoms with Crippen molar-refractivity contribution in [3.8, 4) is 0 Å². The van der Waals surface area contributed by atoms with E-state index < -0.39 is 23.1 Å². The van der Waals surface area contributed by atoms with Gasteiger partial charge in [0, 0.05) is 19.2 Å². The van der Waals surface area contributed by atoms with Gasteiger partial charge in [-0.15, -0.1) is 0 Å². The van der Waals surface area contributed by atoms with Crippen LogP contribution < -0.4 is 5.32 Å². The highest BCUT2D eigenvalue weighted by Crippen LogP contribution is 2.50. The third-order valence-electron chi connectivity index (χ3n) is 5.55. The van der Waals surface area contributed by atoms with Gasteiger partial charge in [0.2, 0.25) is 0 Å². The summed E-state index contributed by atoms with van der Waals surface area (Å²) in [6.07, 6.45) is 5.09. The van der Waals surface area contributed by atoms with Gasteiger partial charge in [0.1, 0.15) is 17.9 Å². The lowest BCUT2D eigenvalue weighted by molar-refractivity contribution is 0.0168. The van der Waals surface area contributed by atoms with E-state index in [-0.39, 0.29) is 29.6 Å². The number of carbonyl (C=O) groups is 2. The SMILES string of the molecule is O=C(NCC12CCC1CCN2C(=O)c1cocn1)c1ccc(F)cc1F. The molecule has 8 heteroatoms. The maximum Gasteiger partial charge on any atom is 0.276 e. The normalized spacial score (nSPS) is 24.1. The number of rotatable bonds is 4. The number of likely N-dealkylation sites (tertiary alicyclic amines) is 1. The van der Waals surface area contributed by atoms with Gasteiger partial charge in [-0.3, -0.25) is 9.59 Å². The van der Waals surface area contributed by atoms with E-state index in [9.17, 15) is 18.4 Å². The van der Waals surface area contributed by atoms with Gasteiger partial charge in [0.15, 0.2) is 12.1 Å². The van der Waals surface area contributed by atoms with Crippen molar-refractivity contribution in [1.82, 2.24) is 15.2 Å². The molecule has 6 nitrogen and oxygen atoms in total. The van der Waals surface area contributed by atoms with E-state index in [1.165, 1.54) is 12.7 Å². The Morgan fingerprint density at radius 2 is 2.19 bits per heavy atom. The number of hydrogen-bond acceptors (Lipinski definition) is 4. The molecule has 1 aromatic carbocycles. The monoisotopic (exact) mass is 361 g/mol. The van der Waals surface area contributed by atoms with E-state index in [4.69, 9.17) is 4.42 Å². The molecule has 26 heavy (non-hydrogen) atoms. The fraction of sp³-hybridized carbons (Fsp3) is 0.389. The number of halogens is 2. The van der Waals surface area contributed by atoms with Crippen LogP contribution in [0.2, 0.25) is 0 Å². The zero-order valence-corrected chi connectivity index (χ0v) is 13.9. The minimum atomic E-state index is -0.910. The largest absolute Gasteiger partial charge is 0.451 e. The number of fused-ring (bicyclic) bond motifs is 1. The highest BCUT2D eigenvalue weighted by Gasteiger charge is 2.56. The molecule has 2 aromatic rings. The van der Waals surface area contributed by atoms with E-state index in [1.807, 2.05) is 0 Å². The first kappa shape index (κ1) is 16.7. The van der Waals surface area contributed by atoms with Gasteiger partial charge in [-0.05, 0) is 37.3 Å². The van der Waals surface area contributed by atoms with Crippen molar-refractivity contribution in [3.63, 3.8) is 0 Å². The number of oxazole rings is 1. The molecule has 4 rings (SSSR count). The van der Waals surface area contributed by atoms with Crippen LogP contribution in [0, 0.1) is 17.6 Å². The van der Waals surface area contributed by atoms with Crippen molar-refractivity contribution in [2.75, 3.05) is 13.1 Å². The Labute approximate surface area is 148 Å². The summed E-state index contributed by atoms with van der Waals surface area (Å²) in [6.45, 7) is 0.800. The highest BCUT2D eigenvalue weighted by molar-refractivity contribution is 5.95. The number of carbonyl (C=O) groups excluding carboxylic acids is 2. The van der Waals surface area contributed by atoms with E-state index in [0.29, 0.717) is 12.6 Å². The standard InChI is InChI=1S/C18H17F2N3O3/c19-12-1-2-13(14(20)7-12)16(24)21-9-18-5-3-11(18)4-6-23(18)17(25)15-8-26-10-22-15/h1-2,7-8,10-11H,3-6,9H2,(H,21,24). The minimum Gasteiger partial charge on any atom is -0.451 e. The summed E-state index contributed by atoms with van der Waals surface area (Å²) in [5, 5.41) is 2.71. The third-order valence-corrected chi connectivity index (χ3v) is 5.55. The highest BCUT2D eigenvalue weighted by atomic mass is 19.1. The molecule has 2 atom stereocenters. The summed E-state index contributed by atoms with van der Waals surface area (Å²) in [4.78, 5) is 30.6. The van der Waals surface area contributed by atoms with Crippen LogP contribution in [0.3, 0.4) is 0 Å². The molecule has 2 unspecified atom stereocenters. The molecule has 1 aliphatic carbocycles. The van der Waals surface area contributed by atoms with Crippen molar-refractivity contribution in [1.29, 1.82) is 0 Å². The average molecular weight is 361 g/mol. The first-order valence-electron chi connectivity index (χ1n) is 8.45. The molecule has 2 amide bonds. The number of benzene rings is 1. The van der Waals surface area contributed by atoms with Crippen molar-refractivity contribution in [2.45, 2.75) is 24.8 Å². The molecule has 0 bridgehead atoms. The van der Waals surface area contributed by atoms with Gasteiger partial charge in [0.25, 0.3) is 11.8 Å². The predicted molar refractivity (Wildman–Crippen MR) is 86.3 cm³/mol. The van der Waals surface area contributed by atoms with Crippen LogP contribution in [0.25, 0.3) is 0 Å². The Balaban J connectivity index is 1.50. The van der Waals surface area contributed by atoms with E-state index >= 15 is 0 Å². The predicted octanol–water partition coefficient (Wildman–Crippen LogP) is 2.38. The summed E-state index contributed by atoms with van der Waals surface area (Å²) in [6, 6.07) is 2.83. The van der Waals surface area contributed by atoms with E-state index in [2.05, 4.69) is 10.3 Å². The quantitative estimate of drug-likeness (QED) is 0.907. The van der Waals surface area contributed by atoms with Crippen molar-refractivity contribution in [2.24, 2.45) is 5.92 Å². The summed E-state index contributed by atoms with van der Waals surface area (Å²) in [7, 11) is 0. The van der Waals surface area contributed by atoms with Crippen LogP contribution in [-0.4, -0.2) is 40.3 Å². The number of nitrogens with zero attached hydrogens (tertiary/aromatic N) is 2. The Hall–Kier alpha value is -2.77. The molecule has 1 N–H and O–H groups in total. The van der Waals surface area contributed by atoms with Crippen LogP contribution in [0.15, 0.2) is 35.3 Å². The molecular weight excluding hydrogens is 344 g/mol. The van der Waals surface area contributed by atoms with Crippen molar-refractivity contribution >= 4 is 11.8 Å². The summed E-state index contributed by atoms with van der Waals surface area (Å²) in [5.41, 5.74) is -0.471. The average Bonchev–Trinajstić information content (AvgIpc) is 3.20. The summed E-state index contributed by atoms with van der Waals surface area (Å²) < 4.78 is 31.7. The van der Waals surface area contributed by atoms with Gasteiger partial charge in [-0.2, -0.15) is 0 Å². The van der Waals surface area contributed by atoms with Crippen LogP contribution in [-0.2, 0) is 0 Å². The third kappa shape index (κ3) is 2.56. The molecule has 1 aromatic heterocycles. The minimum absolute atomic E-state index is 0.217. The van der Waals surface area contributed by atoms with Gasteiger partial charge >= 0.3 is 0 Å². The zero-order valence-electron chi connectivity index (χ0n) is 13.9. The number of nitrogens with one attached hydrogen (secondary N) is 1. The molecule has 1 saturated heterocycles. The Bertz CT molecular complexity index is 855. The Kier molecular flexibility index (Phi) is 3.97. The summed E-state index contributed by atoms with van der Waals surface area (Å²) >= 11 is 0. The van der Waals surface area contributed by atoms with Gasteiger partial charge in [-0.25, -0.2) is 13.8 Å². The number of hydrogen-bond donors (Lipinski definition) is 1. The summed E-state index contributed by atoms with van der Waals surface area (Å²) in [5.74, 6) is -2.22. The maximum absolute atomic E-state index is 13.8. The van der Waals surface area contributed by atoms with Crippen LogP contribution >= 0.6 is 0 Å². The molecule has 2 heterocycles. The first-order chi connectivity index (χ1) is 12.5. The van der Waals surface area contributed by atoms with E-state index in [0.717, 1.165) is 31.4 Å². The first-order valence-corrected chi connectivity index (χ1v) is 8.45. The molecule has 0 radical (unpaired) electrons. The zero-order chi connectivity index (χ0) is 18.3. The van der Waals surface area contributed by atoms with Gasteiger partial charge in [-0.1, -0.05) is 0 Å². The lowest BCUT2D eigenvalue weighted by Gasteiger charge is -2.50. The smallest absolute Gasteiger partial charge is 0.276 e. The second kappa shape index (κ2) is 6.19. The van der Waals surface area contributed by atoms with Crippen molar-refractivity contribution < 1.29 is 22.8 Å². The molecule has 0 spiro atoms. The second-order valence-corrected chi connectivity index (χ2v) is 6.77. The number of amides is 2. The molecule has 2 aliphatic rings. The molecule has 2 fully saturated rings. The van der Waals surface area contributed by atoms with Crippen molar-refractivity contribution in [3.05, 3.63) is 53.7 Å². The maximum atomic E-state index is 13.8. The fourth-order valence-electron chi connectivity index (χ4n) is 4.05. The lowest BCUT2D eigenvalue weighted by Crippen LogP contribution is -2.62. The van der Waals surface area contributed by atoms with E-state index in [1.54, 1.807) is 4.90 Å². The Morgan fingerprint density at radius 1 is 1.35 bits per heavy atom. The van der Waals surface area contributed by atoms with Gasteiger partial charge < -0.3 is 14.6 Å².